The molecule has 0 bridgehead atoms. The molecule has 0 aliphatic heterocycles. The van der Waals surface area contributed by atoms with Gasteiger partial charge in [-0.3, -0.25) is 4.79 Å². The van der Waals surface area contributed by atoms with Gasteiger partial charge in [0.05, 0.1) is 12.7 Å². The van der Waals surface area contributed by atoms with Gasteiger partial charge in [0.1, 0.15) is 17.4 Å². The molecular weight excluding hydrogens is 439 g/mol. The first-order chi connectivity index (χ1) is 14.7. The van der Waals surface area contributed by atoms with Crippen molar-refractivity contribution >= 4 is 22.2 Å². The van der Waals surface area contributed by atoms with Crippen LogP contribution >= 0.6 is 0 Å². The normalized spacial score (nSPS) is 15.0. The molecule has 3 atom stereocenters. The molecule has 10 heteroatoms. The number of benzene rings is 1. The highest BCUT2D eigenvalue weighted by Crippen LogP contribution is 2.12. The number of ether oxygens (including phenoxy) is 2. The molecule has 1 rings (SSSR count). The van der Waals surface area contributed by atoms with Crippen LogP contribution in [0.15, 0.2) is 30.3 Å². The largest absolute Gasteiger partial charge is 0.444 e. The third kappa shape index (κ3) is 12.0. The molecule has 0 aliphatic carbocycles. The highest BCUT2D eigenvalue weighted by atomic mass is 32.3. The highest BCUT2D eigenvalue weighted by Gasteiger charge is 2.32. The predicted octanol–water partition coefficient (Wildman–Crippen LogP) is 3.32. The van der Waals surface area contributed by atoms with E-state index in [0.717, 1.165) is 5.56 Å². The van der Waals surface area contributed by atoms with Crippen molar-refractivity contribution in [1.82, 2.24) is 10.6 Å². The maximum atomic E-state index is 13.3. The van der Waals surface area contributed by atoms with Gasteiger partial charge in [-0.15, -0.1) is 3.89 Å². The van der Waals surface area contributed by atoms with Crippen molar-refractivity contribution < 1.29 is 31.4 Å². The van der Waals surface area contributed by atoms with Crippen LogP contribution in [0.4, 0.5) is 8.68 Å². The summed E-state index contributed by atoms with van der Waals surface area (Å²) >= 11 is 0. The standard InChI is InChI=1S/C22H35FN2O6S/c1-15(2)12-18(14-32(23,28)29)24-20(26)19(25-21(27)31-22(4,5)6)16(3)30-13-17-10-8-7-9-11-17/h7-11,15-16,18-19H,12-14H2,1-6H3,(H,24,26)(H,25,27)/t16-,18+,19+/m1/s1. The number of halogens is 1. The number of rotatable bonds is 11. The highest BCUT2D eigenvalue weighted by molar-refractivity contribution is 7.86. The third-order valence-corrected chi connectivity index (χ3v) is 5.08. The van der Waals surface area contributed by atoms with Gasteiger partial charge in [0.2, 0.25) is 5.91 Å². The molecule has 0 aromatic heterocycles. The maximum absolute atomic E-state index is 13.3. The van der Waals surface area contributed by atoms with Crippen LogP contribution in [0.25, 0.3) is 0 Å². The van der Waals surface area contributed by atoms with Crippen molar-refractivity contribution in [3.8, 4) is 0 Å². The number of carbonyl (C=O) groups is 2. The van der Waals surface area contributed by atoms with Gasteiger partial charge in [-0.1, -0.05) is 44.2 Å². The Kier molecular flexibility index (Phi) is 10.6. The van der Waals surface area contributed by atoms with Gasteiger partial charge >= 0.3 is 16.3 Å². The molecule has 2 N–H and O–H groups in total. The Balaban J connectivity index is 2.99. The minimum Gasteiger partial charge on any atom is -0.444 e. The zero-order valence-electron chi connectivity index (χ0n) is 19.6. The zero-order chi connectivity index (χ0) is 24.5. The summed E-state index contributed by atoms with van der Waals surface area (Å²) in [6.07, 6.45) is -1.37. The molecule has 0 aliphatic rings. The fraction of sp³-hybridized carbons (Fsp3) is 0.636. The summed E-state index contributed by atoms with van der Waals surface area (Å²) in [5, 5.41) is 5.03. The van der Waals surface area contributed by atoms with Gasteiger partial charge in [-0.2, -0.15) is 8.42 Å². The van der Waals surface area contributed by atoms with E-state index in [-0.39, 0.29) is 18.9 Å². The van der Waals surface area contributed by atoms with E-state index in [1.54, 1.807) is 27.7 Å². The molecule has 8 nitrogen and oxygen atoms in total. The van der Waals surface area contributed by atoms with Crippen LogP contribution < -0.4 is 10.6 Å². The molecule has 0 spiro atoms. The van der Waals surface area contributed by atoms with Crippen molar-refractivity contribution in [3.05, 3.63) is 35.9 Å². The first kappa shape index (κ1) is 27.8. The van der Waals surface area contributed by atoms with E-state index in [1.807, 2.05) is 44.2 Å². The van der Waals surface area contributed by atoms with Crippen LogP contribution in [0.3, 0.4) is 0 Å². The number of nitrogens with one attached hydrogen (secondary N) is 2. The minimum absolute atomic E-state index is 0.00562. The van der Waals surface area contributed by atoms with Gasteiger partial charge in [-0.25, -0.2) is 4.79 Å². The summed E-state index contributed by atoms with van der Waals surface area (Å²) < 4.78 is 46.7. The topological polar surface area (TPSA) is 111 Å². The van der Waals surface area contributed by atoms with Crippen LogP contribution in [0.5, 0.6) is 0 Å². The monoisotopic (exact) mass is 474 g/mol. The van der Waals surface area contributed by atoms with E-state index < -0.39 is 51.8 Å². The third-order valence-electron chi connectivity index (χ3n) is 4.28. The maximum Gasteiger partial charge on any atom is 0.408 e. The summed E-state index contributed by atoms with van der Waals surface area (Å²) in [7, 11) is -4.81. The van der Waals surface area contributed by atoms with Gasteiger partial charge in [-0.05, 0) is 45.6 Å². The summed E-state index contributed by atoms with van der Waals surface area (Å²) in [6.45, 7) is 10.5. The van der Waals surface area contributed by atoms with E-state index in [9.17, 15) is 21.9 Å². The number of hydrogen-bond acceptors (Lipinski definition) is 6. The molecule has 32 heavy (non-hydrogen) atoms. The number of alkyl carbamates (subject to hydrolysis) is 1. The zero-order valence-corrected chi connectivity index (χ0v) is 20.4. The average molecular weight is 475 g/mol. The van der Waals surface area contributed by atoms with E-state index in [0.29, 0.717) is 0 Å². The van der Waals surface area contributed by atoms with Crippen molar-refractivity contribution in [2.75, 3.05) is 5.75 Å². The lowest BCUT2D eigenvalue weighted by atomic mass is 10.0. The second-order valence-corrected chi connectivity index (χ2v) is 10.6. The van der Waals surface area contributed by atoms with E-state index >= 15 is 0 Å². The van der Waals surface area contributed by atoms with E-state index in [1.165, 1.54) is 0 Å². The van der Waals surface area contributed by atoms with Crippen molar-refractivity contribution in [2.45, 2.75) is 78.4 Å². The van der Waals surface area contributed by atoms with Crippen LogP contribution in [-0.4, -0.2) is 50.0 Å². The van der Waals surface area contributed by atoms with E-state index in [4.69, 9.17) is 9.47 Å². The summed E-state index contributed by atoms with van der Waals surface area (Å²) in [5.41, 5.74) is 0.0823. The Morgan fingerprint density at radius 1 is 1.06 bits per heavy atom. The van der Waals surface area contributed by atoms with Crippen molar-refractivity contribution in [2.24, 2.45) is 5.92 Å². The van der Waals surface area contributed by atoms with Gasteiger partial charge in [0.15, 0.2) is 0 Å². The lowest BCUT2D eigenvalue weighted by Gasteiger charge is -2.28. The summed E-state index contributed by atoms with van der Waals surface area (Å²) in [5.74, 6) is -1.54. The lowest BCUT2D eigenvalue weighted by Crippen LogP contribution is -2.56. The smallest absolute Gasteiger partial charge is 0.408 e. The molecule has 1 aromatic rings. The van der Waals surface area contributed by atoms with Crippen molar-refractivity contribution in [3.63, 3.8) is 0 Å². The van der Waals surface area contributed by atoms with Gasteiger partial charge < -0.3 is 20.1 Å². The molecule has 0 saturated heterocycles. The molecule has 182 valence electrons. The second kappa shape index (κ2) is 12.2. The number of carbonyl (C=O) groups excluding carboxylic acids is 2. The fourth-order valence-corrected chi connectivity index (χ4v) is 3.70. The van der Waals surface area contributed by atoms with Gasteiger partial charge in [0, 0.05) is 6.04 Å². The average Bonchev–Trinajstić information content (AvgIpc) is 2.61. The Hall–Kier alpha value is -2.20. The first-order valence-electron chi connectivity index (χ1n) is 10.5. The Morgan fingerprint density at radius 3 is 2.16 bits per heavy atom. The summed E-state index contributed by atoms with van der Waals surface area (Å²) in [4.78, 5) is 25.3. The quantitative estimate of drug-likeness (QED) is 0.476. The first-order valence-corrected chi connectivity index (χ1v) is 12.1. The van der Waals surface area contributed by atoms with E-state index in [2.05, 4.69) is 10.6 Å². The van der Waals surface area contributed by atoms with Crippen LogP contribution in [0.1, 0.15) is 53.5 Å². The molecule has 0 unspecified atom stereocenters. The Labute approximate surface area is 190 Å². The molecule has 2 amide bonds. The van der Waals surface area contributed by atoms with Gasteiger partial charge in [0.25, 0.3) is 0 Å². The lowest BCUT2D eigenvalue weighted by molar-refractivity contribution is -0.127. The Bertz CT molecular complexity index is 840. The Morgan fingerprint density at radius 2 is 1.66 bits per heavy atom. The molecule has 1 aromatic carbocycles. The van der Waals surface area contributed by atoms with Crippen molar-refractivity contribution in [1.29, 1.82) is 0 Å². The van der Waals surface area contributed by atoms with Crippen LogP contribution in [0.2, 0.25) is 0 Å². The molecule has 0 fully saturated rings. The predicted molar refractivity (Wildman–Crippen MR) is 120 cm³/mol. The molecule has 0 radical (unpaired) electrons. The fourth-order valence-electron chi connectivity index (χ4n) is 3.00. The number of amides is 2. The minimum atomic E-state index is -4.81. The summed E-state index contributed by atoms with van der Waals surface area (Å²) in [6, 6.07) is 7.12. The molecular formula is C22H35FN2O6S. The molecule has 0 saturated carbocycles. The van der Waals surface area contributed by atoms with Crippen LogP contribution in [0, 0.1) is 5.92 Å². The number of hydrogen-bond donors (Lipinski definition) is 2. The SMILES string of the molecule is CC(C)C[C@@H](CS(=O)(=O)F)NC(=O)[C@@H](NC(=O)OC(C)(C)C)[C@@H](C)OCc1ccccc1. The molecule has 0 heterocycles. The van der Waals surface area contributed by atoms with Crippen LogP contribution in [-0.2, 0) is 31.1 Å². The second-order valence-electron chi connectivity index (χ2n) is 9.17.